The fraction of sp³-hybridized carbons (Fsp3) is 0.818. The van der Waals surface area contributed by atoms with Crippen molar-refractivity contribution >= 4 is 0 Å². The number of halogens is 3. The first-order chi connectivity index (χ1) is 8.85. The van der Waals surface area contributed by atoms with Crippen LogP contribution in [0, 0.1) is 0 Å². The van der Waals surface area contributed by atoms with Gasteiger partial charge in [0, 0.05) is 13.0 Å². The number of hydrogen-bond acceptors (Lipinski definition) is 5. The summed E-state index contributed by atoms with van der Waals surface area (Å²) in [5.74, 6) is 0.228. The first-order valence-electron chi connectivity index (χ1n) is 6.22. The number of hydrogen-bond donors (Lipinski definition) is 1. The largest absolute Gasteiger partial charge is 0.389 e. The van der Waals surface area contributed by atoms with E-state index in [4.69, 9.17) is 10.3 Å². The molecule has 1 aromatic heterocycles. The molecule has 1 rings (SSSR count). The maximum atomic E-state index is 12.0. The molecule has 1 aromatic rings. The Morgan fingerprint density at radius 3 is 2.47 bits per heavy atom. The van der Waals surface area contributed by atoms with Crippen LogP contribution >= 0.6 is 0 Å². The van der Waals surface area contributed by atoms with Crippen molar-refractivity contribution in [3.05, 3.63) is 11.7 Å². The molecule has 0 aliphatic carbocycles. The van der Waals surface area contributed by atoms with Gasteiger partial charge in [-0.25, -0.2) is 0 Å². The lowest BCUT2D eigenvalue weighted by Crippen LogP contribution is -2.32. The summed E-state index contributed by atoms with van der Waals surface area (Å²) < 4.78 is 40.9. The van der Waals surface area contributed by atoms with Crippen molar-refractivity contribution in [1.82, 2.24) is 15.0 Å². The predicted octanol–water partition coefficient (Wildman–Crippen LogP) is 1.91. The van der Waals surface area contributed by atoms with Crippen LogP contribution in [0.25, 0.3) is 0 Å². The van der Waals surface area contributed by atoms with Crippen molar-refractivity contribution < 1.29 is 17.7 Å². The van der Waals surface area contributed by atoms with Gasteiger partial charge in [0.25, 0.3) is 0 Å². The topological polar surface area (TPSA) is 68.2 Å². The lowest BCUT2D eigenvalue weighted by Gasteiger charge is -2.20. The molecule has 0 amide bonds. The average molecular weight is 280 g/mol. The highest BCUT2D eigenvalue weighted by molar-refractivity contribution is 4.94. The molecule has 0 fully saturated rings. The van der Waals surface area contributed by atoms with Crippen LogP contribution in [0.2, 0.25) is 0 Å². The number of alkyl halides is 3. The van der Waals surface area contributed by atoms with Gasteiger partial charge in [-0.1, -0.05) is 19.0 Å². The Labute approximate surface area is 109 Å². The SMILES string of the molecule is CCN(CC)CC(N)c1noc(CCC(F)(F)F)n1. The third-order valence-electron chi connectivity index (χ3n) is 2.79. The molecule has 1 unspecified atom stereocenters. The van der Waals surface area contributed by atoms with Crippen molar-refractivity contribution in [3.8, 4) is 0 Å². The first-order valence-corrected chi connectivity index (χ1v) is 6.22. The van der Waals surface area contributed by atoms with E-state index in [0.717, 1.165) is 13.1 Å². The summed E-state index contributed by atoms with van der Waals surface area (Å²) in [7, 11) is 0. The van der Waals surface area contributed by atoms with E-state index in [-0.39, 0.29) is 18.1 Å². The standard InChI is InChI=1S/C11H19F3N4O/c1-3-18(4-2)7-8(15)10-16-9(19-17-10)5-6-11(12,13)14/h8H,3-7,15H2,1-2H3. The molecule has 8 heteroatoms. The van der Waals surface area contributed by atoms with Crippen LogP contribution in [0.15, 0.2) is 4.52 Å². The highest BCUT2D eigenvalue weighted by atomic mass is 19.4. The molecule has 0 saturated heterocycles. The van der Waals surface area contributed by atoms with Gasteiger partial charge in [-0.05, 0) is 13.1 Å². The van der Waals surface area contributed by atoms with Gasteiger partial charge in [-0.2, -0.15) is 18.2 Å². The second-order valence-electron chi connectivity index (χ2n) is 4.25. The zero-order valence-electron chi connectivity index (χ0n) is 11.1. The Morgan fingerprint density at radius 2 is 1.95 bits per heavy atom. The highest BCUT2D eigenvalue weighted by Gasteiger charge is 2.28. The van der Waals surface area contributed by atoms with E-state index in [1.54, 1.807) is 0 Å². The Hall–Kier alpha value is -1.15. The second kappa shape index (κ2) is 6.85. The lowest BCUT2D eigenvalue weighted by molar-refractivity contribution is -0.134. The van der Waals surface area contributed by atoms with E-state index in [9.17, 15) is 13.2 Å². The smallest absolute Gasteiger partial charge is 0.339 e. The molecule has 0 aromatic carbocycles. The van der Waals surface area contributed by atoms with Gasteiger partial charge in [0.2, 0.25) is 5.89 Å². The summed E-state index contributed by atoms with van der Waals surface area (Å²) in [6, 6.07) is -0.455. The number of nitrogens with two attached hydrogens (primary N) is 1. The van der Waals surface area contributed by atoms with E-state index >= 15 is 0 Å². The summed E-state index contributed by atoms with van der Waals surface area (Å²) >= 11 is 0. The fourth-order valence-corrected chi connectivity index (χ4v) is 1.61. The molecule has 5 nitrogen and oxygen atoms in total. The molecule has 1 atom stereocenters. The minimum atomic E-state index is -4.22. The molecular formula is C11H19F3N4O. The zero-order valence-corrected chi connectivity index (χ0v) is 11.1. The van der Waals surface area contributed by atoms with Crippen LogP contribution in [-0.4, -0.2) is 40.9 Å². The molecule has 0 radical (unpaired) electrons. The molecule has 1 heterocycles. The molecule has 110 valence electrons. The van der Waals surface area contributed by atoms with Crippen LogP contribution in [0.5, 0.6) is 0 Å². The second-order valence-corrected chi connectivity index (χ2v) is 4.25. The summed E-state index contributed by atoms with van der Waals surface area (Å²) in [6.45, 7) is 6.22. The molecule has 0 saturated carbocycles. The van der Waals surface area contributed by atoms with Gasteiger partial charge < -0.3 is 15.2 Å². The van der Waals surface area contributed by atoms with Gasteiger partial charge in [0.15, 0.2) is 5.82 Å². The Morgan fingerprint density at radius 1 is 1.32 bits per heavy atom. The number of aryl methyl sites for hydroxylation is 1. The molecular weight excluding hydrogens is 261 g/mol. The maximum absolute atomic E-state index is 12.0. The van der Waals surface area contributed by atoms with Gasteiger partial charge in [0.1, 0.15) is 0 Å². The van der Waals surface area contributed by atoms with E-state index in [2.05, 4.69) is 15.0 Å². The van der Waals surface area contributed by atoms with Crippen LogP contribution < -0.4 is 5.73 Å². The Bertz CT molecular complexity index is 376. The summed E-state index contributed by atoms with van der Waals surface area (Å²) in [4.78, 5) is 5.99. The first kappa shape index (κ1) is 15.9. The van der Waals surface area contributed by atoms with E-state index in [1.807, 2.05) is 13.8 Å². The summed E-state index contributed by atoms with van der Waals surface area (Å²) in [5.41, 5.74) is 5.89. The monoisotopic (exact) mass is 280 g/mol. The van der Waals surface area contributed by atoms with Crippen molar-refractivity contribution in [2.75, 3.05) is 19.6 Å². The highest BCUT2D eigenvalue weighted by Crippen LogP contribution is 2.21. The van der Waals surface area contributed by atoms with Crippen molar-refractivity contribution in [3.63, 3.8) is 0 Å². The third-order valence-corrected chi connectivity index (χ3v) is 2.79. The number of likely N-dealkylation sites (N-methyl/N-ethyl adjacent to an activating group) is 1. The zero-order chi connectivity index (χ0) is 14.5. The van der Waals surface area contributed by atoms with E-state index in [1.165, 1.54) is 0 Å². The lowest BCUT2D eigenvalue weighted by atomic mass is 10.2. The molecule has 0 spiro atoms. The number of rotatable bonds is 7. The minimum absolute atomic E-state index is 0.0256. The van der Waals surface area contributed by atoms with Crippen LogP contribution in [0.3, 0.4) is 0 Å². The van der Waals surface area contributed by atoms with Gasteiger partial charge in [0.05, 0.1) is 12.5 Å². The summed E-state index contributed by atoms with van der Waals surface area (Å²) in [5, 5.41) is 3.63. The van der Waals surface area contributed by atoms with E-state index < -0.39 is 18.6 Å². The quantitative estimate of drug-likeness (QED) is 0.826. The fourth-order valence-electron chi connectivity index (χ4n) is 1.61. The molecule has 2 N–H and O–H groups in total. The number of aromatic nitrogens is 2. The van der Waals surface area contributed by atoms with Crippen molar-refractivity contribution in [2.24, 2.45) is 5.73 Å². The Kier molecular flexibility index (Phi) is 5.74. The van der Waals surface area contributed by atoms with Crippen LogP contribution in [-0.2, 0) is 6.42 Å². The third kappa shape index (κ3) is 5.56. The van der Waals surface area contributed by atoms with Crippen molar-refractivity contribution in [1.29, 1.82) is 0 Å². The molecule has 0 bridgehead atoms. The number of nitrogens with zero attached hydrogens (tertiary/aromatic N) is 3. The minimum Gasteiger partial charge on any atom is -0.339 e. The molecule has 0 aliphatic heterocycles. The van der Waals surface area contributed by atoms with E-state index in [0.29, 0.717) is 6.54 Å². The molecule has 19 heavy (non-hydrogen) atoms. The van der Waals surface area contributed by atoms with Gasteiger partial charge in [-0.15, -0.1) is 0 Å². The summed E-state index contributed by atoms with van der Waals surface area (Å²) in [6.07, 6.45) is -5.51. The van der Waals surface area contributed by atoms with Gasteiger partial charge >= 0.3 is 6.18 Å². The van der Waals surface area contributed by atoms with Crippen LogP contribution in [0.4, 0.5) is 13.2 Å². The maximum Gasteiger partial charge on any atom is 0.389 e. The average Bonchev–Trinajstić information content (AvgIpc) is 2.81. The molecule has 0 aliphatic rings. The van der Waals surface area contributed by atoms with Crippen LogP contribution in [0.1, 0.15) is 38.0 Å². The predicted molar refractivity (Wildman–Crippen MR) is 63.4 cm³/mol. The van der Waals surface area contributed by atoms with Gasteiger partial charge in [-0.3, -0.25) is 0 Å². The van der Waals surface area contributed by atoms with Crippen molar-refractivity contribution in [2.45, 2.75) is 38.9 Å². The normalized spacial score (nSPS) is 14.1. The Balaban J connectivity index is 2.53.